The van der Waals surface area contributed by atoms with E-state index in [9.17, 15) is 4.79 Å². The van der Waals surface area contributed by atoms with E-state index in [1.165, 1.54) is 0 Å². The predicted octanol–water partition coefficient (Wildman–Crippen LogP) is -2.87. The van der Waals surface area contributed by atoms with Gasteiger partial charge in [0, 0.05) is 0 Å². The number of amides is 1. The summed E-state index contributed by atoms with van der Waals surface area (Å²) >= 11 is 0. The van der Waals surface area contributed by atoms with Crippen molar-refractivity contribution in [3.63, 3.8) is 0 Å². The van der Waals surface area contributed by atoms with Crippen LogP contribution in [-0.2, 0) is 4.79 Å². The number of aliphatic hydroxyl groups excluding tert-OH is 2. The van der Waals surface area contributed by atoms with Gasteiger partial charge < -0.3 is 21.7 Å². The fraction of sp³-hybridized carbons (Fsp3) is 0.500. The van der Waals surface area contributed by atoms with Gasteiger partial charge in [0.15, 0.2) is 6.10 Å². The molecule has 2 unspecified atom stereocenters. The van der Waals surface area contributed by atoms with E-state index in [0.29, 0.717) is 0 Å². The molecule has 0 aromatic rings. The fourth-order valence-corrected chi connectivity index (χ4v) is 0.326. The number of primary amides is 1. The molecule has 7 N–H and O–H groups in total. The zero-order chi connectivity index (χ0) is 8.31. The number of nitrogens with one attached hydrogen (secondary N) is 1. The van der Waals surface area contributed by atoms with Gasteiger partial charge in [-0.15, -0.1) is 0 Å². The number of carbonyl (C=O) groups is 1. The van der Waals surface area contributed by atoms with Crippen LogP contribution in [0.3, 0.4) is 0 Å². The van der Waals surface area contributed by atoms with Crippen molar-refractivity contribution in [3.05, 3.63) is 0 Å². The van der Waals surface area contributed by atoms with Crippen LogP contribution in [0.1, 0.15) is 0 Å². The van der Waals surface area contributed by atoms with Crippen LogP contribution in [0.2, 0.25) is 0 Å². The second kappa shape index (κ2) is 3.14. The average molecular weight is 147 g/mol. The minimum absolute atomic E-state index is 0.689. The molecule has 0 aliphatic rings. The Hall–Kier alpha value is -1.14. The number of rotatable bonds is 3. The highest BCUT2D eigenvalue weighted by atomic mass is 16.3. The first-order chi connectivity index (χ1) is 4.46. The van der Waals surface area contributed by atoms with E-state index in [1.807, 2.05) is 0 Å². The van der Waals surface area contributed by atoms with Gasteiger partial charge in [-0.2, -0.15) is 0 Å². The van der Waals surface area contributed by atoms with Crippen molar-refractivity contribution < 1.29 is 15.0 Å². The van der Waals surface area contributed by atoms with Crippen molar-refractivity contribution in [2.75, 3.05) is 0 Å². The molecular weight excluding hydrogens is 138 g/mol. The Bertz CT molecular complexity index is 140. The quantitative estimate of drug-likeness (QED) is 0.216. The van der Waals surface area contributed by atoms with Gasteiger partial charge in [-0.25, -0.2) is 0 Å². The van der Waals surface area contributed by atoms with Gasteiger partial charge in [0.05, 0.1) is 0 Å². The lowest BCUT2D eigenvalue weighted by Crippen LogP contribution is -2.45. The van der Waals surface area contributed by atoms with Crippen molar-refractivity contribution in [2.24, 2.45) is 11.5 Å². The van der Waals surface area contributed by atoms with Crippen molar-refractivity contribution in [1.82, 2.24) is 0 Å². The number of hydrogen-bond donors (Lipinski definition) is 5. The highest BCUT2D eigenvalue weighted by Gasteiger charge is 2.23. The van der Waals surface area contributed by atoms with Crippen molar-refractivity contribution in [1.29, 1.82) is 5.41 Å². The molecule has 0 aromatic heterocycles. The Kier molecular flexibility index (Phi) is 2.78. The molecule has 0 spiro atoms. The smallest absolute Gasteiger partial charge is 0.249 e. The number of amidine groups is 1. The van der Waals surface area contributed by atoms with Crippen molar-refractivity contribution in [2.45, 2.75) is 12.2 Å². The summed E-state index contributed by atoms with van der Waals surface area (Å²) in [6.07, 6.45) is -3.49. The van der Waals surface area contributed by atoms with E-state index in [0.717, 1.165) is 0 Å². The second-order valence-corrected chi connectivity index (χ2v) is 1.75. The molecule has 58 valence electrons. The van der Waals surface area contributed by atoms with Crippen molar-refractivity contribution in [3.8, 4) is 0 Å². The molecule has 0 heterocycles. The molecular formula is C4H9N3O3. The summed E-state index contributed by atoms with van der Waals surface area (Å²) in [6.45, 7) is 0. The fourth-order valence-electron chi connectivity index (χ4n) is 0.326. The molecule has 6 nitrogen and oxygen atoms in total. The summed E-state index contributed by atoms with van der Waals surface area (Å²) in [4.78, 5) is 10.1. The molecule has 0 radical (unpaired) electrons. The molecule has 6 heteroatoms. The van der Waals surface area contributed by atoms with Gasteiger partial charge in [0.2, 0.25) is 5.91 Å². The lowest BCUT2D eigenvalue weighted by atomic mass is 10.2. The zero-order valence-corrected chi connectivity index (χ0v) is 5.11. The first-order valence-corrected chi connectivity index (χ1v) is 2.46. The molecule has 10 heavy (non-hydrogen) atoms. The summed E-state index contributed by atoms with van der Waals surface area (Å²) in [5.41, 5.74) is 9.31. The Morgan fingerprint density at radius 1 is 1.30 bits per heavy atom. The van der Waals surface area contributed by atoms with Crippen LogP contribution in [0, 0.1) is 5.41 Å². The predicted molar refractivity (Wildman–Crippen MR) is 33.1 cm³/mol. The largest absolute Gasteiger partial charge is 0.385 e. The molecule has 0 aliphatic heterocycles. The molecule has 0 aromatic carbocycles. The highest BCUT2D eigenvalue weighted by molar-refractivity contribution is 5.90. The molecule has 2 atom stereocenters. The third kappa shape index (κ3) is 2.00. The molecule has 0 bridgehead atoms. The van der Waals surface area contributed by atoms with E-state index >= 15 is 0 Å². The zero-order valence-electron chi connectivity index (χ0n) is 5.11. The minimum atomic E-state index is -1.79. The lowest BCUT2D eigenvalue weighted by Gasteiger charge is -2.11. The van der Waals surface area contributed by atoms with Gasteiger partial charge in [0.25, 0.3) is 0 Å². The molecule has 0 aliphatic carbocycles. The summed E-state index contributed by atoms with van der Waals surface area (Å²) in [6, 6.07) is 0. The Labute approximate surface area is 56.9 Å². The number of nitrogens with two attached hydrogens (primary N) is 2. The summed E-state index contributed by atoms with van der Waals surface area (Å²) in [7, 11) is 0. The van der Waals surface area contributed by atoms with E-state index in [4.69, 9.17) is 21.4 Å². The number of aliphatic hydroxyl groups is 2. The maximum atomic E-state index is 10.1. The van der Waals surface area contributed by atoms with E-state index in [-0.39, 0.29) is 0 Å². The molecule has 1 amide bonds. The average Bonchev–Trinajstić information content (AvgIpc) is 1.84. The molecule has 0 rings (SSSR count). The van der Waals surface area contributed by atoms with Crippen LogP contribution in [0.25, 0.3) is 0 Å². The third-order valence-corrected chi connectivity index (χ3v) is 0.909. The molecule has 0 saturated carbocycles. The van der Waals surface area contributed by atoms with E-state index in [1.54, 1.807) is 0 Å². The topological polar surface area (TPSA) is 133 Å². The Morgan fingerprint density at radius 2 is 1.70 bits per heavy atom. The van der Waals surface area contributed by atoms with Gasteiger partial charge in [0.1, 0.15) is 11.9 Å². The summed E-state index contributed by atoms with van der Waals surface area (Å²) < 4.78 is 0. The monoisotopic (exact) mass is 147 g/mol. The van der Waals surface area contributed by atoms with Crippen LogP contribution in [0.15, 0.2) is 0 Å². The standard InChI is InChI=1S/C4H9N3O3/c5-3(6)1(8)2(9)4(7)10/h1-2,8-9H,(H3,5,6)(H2,7,10). The number of carbonyl (C=O) groups excluding carboxylic acids is 1. The molecule has 0 saturated heterocycles. The first-order valence-electron chi connectivity index (χ1n) is 2.46. The Morgan fingerprint density at radius 3 is 1.80 bits per heavy atom. The second-order valence-electron chi connectivity index (χ2n) is 1.75. The minimum Gasteiger partial charge on any atom is -0.385 e. The third-order valence-electron chi connectivity index (χ3n) is 0.909. The van der Waals surface area contributed by atoms with Crippen molar-refractivity contribution >= 4 is 11.7 Å². The van der Waals surface area contributed by atoms with Gasteiger partial charge in [-0.1, -0.05) is 0 Å². The number of hydrogen-bond acceptors (Lipinski definition) is 4. The maximum absolute atomic E-state index is 10.1. The van der Waals surface area contributed by atoms with Crippen LogP contribution >= 0.6 is 0 Å². The van der Waals surface area contributed by atoms with Gasteiger partial charge >= 0.3 is 0 Å². The molecule has 0 fully saturated rings. The normalized spacial score (nSPS) is 15.8. The highest BCUT2D eigenvalue weighted by Crippen LogP contribution is 1.90. The van der Waals surface area contributed by atoms with Crippen LogP contribution in [0.4, 0.5) is 0 Å². The first kappa shape index (κ1) is 8.86. The Balaban J connectivity index is 4.07. The van der Waals surface area contributed by atoms with Crippen LogP contribution in [-0.4, -0.2) is 34.2 Å². The van der Waals surface area contributed by atoms with Gasteiger partial charge in [-0.05, 0) is 0 Å². The van der Waals surface area contributed by atoms with Crippen LogP contribution in [0.5, 0.6) is 0 Å². The summed E-state index contributed by atoms with van der Waals surface area (Å²) in [5, 5.41) is 23.9. The maximum Gasteiger partial charge on any atom is 0.249 e. The summed E-state index contributed by atoms with van der Waals surface area (Å²) in [5.74, 6) is -1.80. The lowest BCUT2D eigenvalue weighted by molar-refractivity contribution is -0.129. The van der Waals surface area contributed by atoms with Crippen LogP contribution < -0.4 is 11.5 Å². The van der Waals surface area contributed by atoms with Gasteiger partial charge in [-0.3, -0.25) is 10.2 Å². The van der Waals surface area contributed by atoms with E-state index in [2.05, 4.69) is 5.73 Å². The SMILES string of the molecule is N=C(N)C(O)C(O)C(N)=O. The van der Waals surface area contributed by atoms with E-state index < -0.39 is 24.0 Å².